The number of aliphatic carboxylic acids is 1. The van der Waals surface area contributed by atoms with Gasteiger partial charge in [0.25, 0.3) is 0 Å². The van der Waals surface area contributed by atoms with Crippen molar-refractivity contribution in [2.24, 2.45) is 0 Å². The molecule has 1 aliphatic heterocycles. The van der Waals surface area contributed by atoms with Crippen LogP contribution in [0.1, 0.15) is 32.6 Å². The zero-order valence-electron chi connectivity index (χ0n) is 16.9. The lowest BCUT2D eigenvalue weighted by Crippen LogP contribution is -2.41. The summed E-state index contributed by atoms with van der Waals surface area (Å²) in [5.41, 5.74) is 0. The molecule has 1 saturated heterocycles. The van der Waals surface area contributed by atoms with Crippen LogP contribution in [-0.4, -0.2) is 52.8 Å². The van der Waals surface area contributed by atoms with E-state index >= 15 is 0 Å². The summed E-state index contributed by atoms with van der Waals surface area (Å²) in [6, 6.07) is 7.62. The Bertz CT molecular complexity index is 876. The van der Waals surface area contributed by atoms with Crippen molar-refractivity contribution in [1.82, 2.24) is 9.97 Å². The van der Waals surface area contributed by atoms with E-state index in [1.807, 2.05) is 31.2 Å². The number of hydrogen-bond donors (Lipinski definition) is 2. The van der Waals surface area contributed by atoms with Crippen molar-refractivity contribution in [2.75, 3.05) is 29.9 Å². The van der Waals surface area contributed by atoms with Gasteiger partial charge in [0.2, 0.25) is 5.91 Å². The fraction of sp³-hybridized carbons (Fsp3) is 0.429. The summed E-state index contributed by atoms with van der Waals surface area (Å²) in [5.74, 6) is 0.955. The van der Waals surface area contributed by atoms with Crippen LogP contribution in [0.25, 0.3) is 0 Å². The van der Waals surface area contributed by atoms with Gasteiger partial charge in [-0.15, -0.1) is 0 Å². The van der Waals surface area contributed by atoms with E-state index < -0.39 is 11.9 Å². The number of rotatable bonds is 9. The van der Waals surface area contributed by atoms with Crippen molar-refractivity contribution in [3.8, 4) is 11.5 Å². The number of carbonyl (C=O) groups is 2. The van der Waals surface area contributed by atoms with Gasteiger partial charge in [-0.25, -0.2) is 4.98 Å². The molecular formula is C21H26N4O5. The predicted octanol–water partition coefficient (Wildman–Crippen LogP) is 2.73. The Hall–Kier alpha value is -3.36. The number of hydrogen-bond acceptors (Lipinski definition) is 7. The minimum atomic E-state index is -1.02. The topological polar surface area (TPSA) is 114 Å². The Morgan fingerprint density at radius 3 is 2.80 bits per heavy atom. The van der Waals surface area contributed by atoms with Crippen LogP contribution in [0, 0.1) is 0 Å². The second kappa shape index (κ2) is 10.4. The molecule has 30 heavy (non-hydrogen) atoms. The van der Waals surface area contributed by atoms with E-state index in [-0.39, 0.29) is 18.9 Å². The van der Waals surface area contributed by atoms with Crippen LogP contribution in [0.15, 0.2) is 36.7 Å². The number of amides is 1. The molecule has 1 aromatic heterocycles. The Balaban J connectivity index is 1.63. The molecule has 0 spiro atoms. The SMILES string of the molecule is CCOc1ccccc1O[C@@H]1CCCN(c2cncc(NC(=O)CCC(=O)O)n2)C1. The standard InChI is InChI=1S/C21H26N4O5/c1-2-29-16-7-3-4-8-17(16)30-15-6-5-11-25(14-15)19-13-22-12-18(23-19)24-20(26)9-10-21(27)28/h3-4,7-8,12-13,15H,2,5-6,9-11,14H2,1H3,(H,27,28)(H,23,24,26)/t15-/m1/s1. The molecule has 0 saturated carbocycles. The van der Waals surface area contributed by atoms with Crippen molar-refractivity contribution < 1.29 is 24.2 Å². The van der Waals surface area contributed by atoms with E-state index in [1.165, 1.54) is 6.20 Å². The fourth-order valence-electron chi connectivity index (χ4n) is 3.24. The van der Waals surface area contributed by atoms with Crippen molar-refractivity contribution >= 4 is 23.5 Å². The molecule has 0 unspecified atom stereocenters. The van der Waals surface area contributed by atoms with Gasteiger partial charge in [0.05, 0.1) is 32.0 Å². The third kappa shape index (κ3) is 6.07. The summed E-state index contributed by atoms with van der Waals surface area (Å²) in [4.78, 5) is 33.1. The number of nitrogens with zero attached hydrogens (tertiary/aromatic N) is 3. The first-order valence-corrected chi connectivity index (χ1v) is 10.0. The minimum absolute atomic E-state index is 0.0315. The molecule has 1 fully saturated rings. The highest BCUT2D eigenvalue weighted by atomic mass is 16.5. The Labute approximate surface area is 175 Å². The number of carboxylic acid groups (broad SMARTS) is 1. The molecule has 1 aromatic carbocycles. The third-order valence-electron chi connectivity index (χ3n) is 4.60. The first kappa shape index (κ1) is 21.4. The smallest absolute Gasteiger partial charge is 0.303 e. The van der Waals surface area contributed by atoms with Crippen LogP contribution < -0.4 is 19.7 Å². The lowest BCUT2D eigenvalue weighted by atomic mass is 10.1. The highest BCUT2D eigenvalue weighted by Crippen LogP contribution is 2.29. The van der Waals surface area contributed by atoms with Gasteiger partial charge in [0, 0.05) is 13.0 Å². The normalized spacial score (nSPS) is 16.0. The minimum Gasteiger partial charge on any atom is -0.490 e. The van der Waals surface area contributed by atoms with Crippen LogP contribution in [0.3, 0.4) is 0 Å². The lowest BCUT2D eigenvalue weighted by Gasteiger charge is -2.33. The summed E-state index contributed by atoms with van der Waals surface area (Å²) in [6.07, 6.45) is 4.56. The Kier molecular flexibility index (Phi) is 7.42. The van der Waals surface area contributed by atoms with Gasteiger partial charge < -0.3 is 24.8 Å². The summed E-state index contributed by atoms with van der Waals surface area (Å²) >= 11 is 0. The van der Waals surface area contributed by atoms with Gasteiger partial charge in [-0.3, -0.25) is 14.6 Å². The van der Waals surface area contributed by atoms with Gasteiger partial charge in [-0.1, -0.05) is 12.1 Å². The lowest BCUT2D eigenvalue weighted by molar-refractivity contribution is -0.138. The summed E-state index contributed by atoms with van der Waals surface area (Å²) in [6.45, 7) is 3.94. The number of piperidine rings is 1. The molecule has 2 heterocycles. The van der Waals surface area contributed by atoms with Gasteiger partial charge in [0.15, 0.2) is 17.3 Å². The molecule has 9 nitrogen and oxygen atoms in total. The summed E-state index contributed by atoms with van der Waals surface area (Å²) < 4.78 is 11.8. The van der Waals surface area contributed by atoms with E-state index in [4.69, 9.17) is 14.6 Å². The number of aromatic nitrogens is 2. The zero-order valence-corrected chi connectivity index (χ0v) is 16.9. The van der Waals surface area contributed by atoms with E-state index in [9.17, 15) is 9.59 Å². The molecule has 9 heteroatoms. The van der Waals surface area contributed by atoms with Crippen LogP contribution in [0.2, 0.25) is 0 Å². The molecule has 2 aromatic rings. The molecule has 1 aliphatic rings. The van der Waals surface area contributed by atoms with Crippen LogP contribution >= 0.6 is 0 Å². The van der Waals surface area contributed by atoms with Gasteiger partial charge in [-0.2, -0.15) is 0 Å². The highest BCUT2D eigenvalue weighted by molar-refractivity contribution is 5.91. The number of para-hydroxylation sites is 2. The zero-order chi connectivity index (χ0) is 21.3. The number of ether oxygens (including phenoxy) is 2. The molecule has 1 atom stereocenters. The van der Waals surface area contributed by atoms with E-state index in [0.29, 0.717) is 24.8 Å². The van der Waals surface area contributed by atoms with Crippen LogP contribution in [0.4, 0.5) is 11.6 Å². The third-order valence-corrected chi connectivity index (χ3v) is 4.60. The maximum atomic E-state index is 11.9. The largest absolute Gasteiger partial charge is 0.490 e. The van der Waals surface area contributed by atoms with E-state index in [0.717, 1.165) is 30.9 Å². The number of benzene rings is 1. The maximum Gasteiger partial charge on any atom is 0.303 e. The second-order valence-corrected chi connectivity index (χ2v) is 6.91. The fourth-order valence-corrected chi connectivity index (χ4v) is 3.24. The average molecular weight is 414 g/mol. The molecule has 2 N–H and O–H groups in total. The number of carbonyl (C=O) groups excluding carboxylic acids is 1. The van der Waals surface area contributed by atoms with Crippen molar-refractivity contribution in [3.63, 3.8) is 0 Å². The average Bonchev–Trinajstić information content (AvgIpc) is 2.74. The van der Waals surface area contributed by atoms with Gasteiger partial charge in [0.1, 0.15) is 11.9 Å². The molecule has 3 rings (SSSR count). The monoisotopic (exact) mass is 414 g/mol. The predicted molar refractivity (Wildman–Crippen MR) is 111 cm³/mol. The molecular weight excluding hydrogens is 388 g/mol. The first-order valence-electron chi connectivity index (χ1n) is 10.0. The first-order chi connectivity index (χ1) is 14.5. The van der Waals surface area contributed by atoms with Crippen molar-refractivity contribution in [3.05, 3.63) is 36.7 Å². The van der Waals surface area contributed by atoms with Gasteiger partial charge >= 0.3 is 5.97 Å². The molecule has 0 bridgehead atoms. The van der Waals surface area contributed by atoms with Crippen molar-refractivity contribution in [2.45, 2.75) is 38.7 Å². The number of anilines is 2. The van der Waals surface area contributed by atoms with Crippen LogP contribution in [-0.2, 0) is 9.59 Å². The molecule has 1 amide bonds. The number of carboxylic acids is 1. The van der Waals surface area contributed by atoms with E-state index in [2.05, 4.69) is 20.2 Å². The van der Waals surface area contributed by atoms with Gasteiger partial charge in [-0.05, 0) is 31.9 Å². The van der Waals surface area contributed by atoms with Crippen LogP contribution in [0.5, 0.6) is 11.5 Å². The van der Waals surface area contributed by atoms with E-state index in [1.54, 1.807) is 6.20 Å². The summed E-state index contributed by atoms with van der Waals surface area (Å²) in [5, 5.41) is 11.3. The maximum absolute atomic E-state index is 11.9. The molecule has 0 aliphatic carbocycles. The highest BCUT2D eigenvalue weighted by Gasteiger charge is 2.24. The Morgan fingerprint density at radius 1 is 1.23 bits per heavy atom. The summed E-state index contributed by atoms with van der Waals surface area (Å²) in [7, 11) is 0. The molecule has 0 radical (unpaired) electrons. The van der Waals surface area contributed by atoms with Crippen molar-refractivity contribution in [1.29, 1.82) is 0 Å². The Morgan fingerprint density at radius 2 is 2.03 bits per heavy atom. The number of nitrogens with one attached hydrogen (secondary N) is 1. The second-order valence-electron chi connectivity index (χ2n) is 6.91. The quantitative estimate of drug-likeness (QED) is 0.644. The molecule has 160 valence electrons.